The van der Waals surface area contributed by atoms with Gasteiger partial charge in [-0.15, -0.1) is 0 Å². The summed E-state index contributed by atoms with van der Waals surface area (Å²) in [7, 11) is 0. The first kappa shape index (κ1) is 21.6. The number of ether oxygens (including phenoxy) is 2. The van der Waals surface area contributed by atoms with Crippen molar-refractivity contribution in [2.45, 2.75) is 97.7 Å². The second-order valence-corrected chi connectivity index (χ2v) is 10.7. The van der Waals surface area contributed by atoms with Crippen LogP contribution in [0.25, 0.3) is 0 Å². The van der Waals surface area contributed by atoms with Gasteiger partial charge in [-0.25, -0.2) is 0 Å². The van der Waals surface area contributed by atoms with Crippen LogP contribution in [-0.4, -0.2) is 29.4 Å². The van der Waals surface area contributed by atoms with Crippen LogP contribution in [0.3, 0.4) is 0 Å². The minimum atomic E-state index is -0.966. The number of rotatable bonds is 3. The molecule has 3 saturated carbocycles. The van der Waals surface area contributed by atoms with Crippen LogP contribution in [-0.2, 0) is 23.9 Å². The summed E-state index contributed by atoms with van der Waals surface area (Å²) < 4.78 is 11.4. The predicted molar refractivity (Wildman–Crippen MR) is 112 cm³/mol. The number of allylic oxidation sites excluding steroid dienone is 1. The van der Waals surface area contributed by atoms with Gasteiger partial charge in [-0.2, -0.15) is 0 Å². The van der Waals surface area contributed by atoms with E-state index in [2.05, 4.69) is 19.9 Å². The molecule has 0 saturated heterocycles. The van der Waals surface area contributed by atoms with Gasteiger partial charge in [-0.1, -0.05) is 25.5 Å². The summed E-state index contributed by atoms with van der Waals surface area (Å²) in [5, 5.41) is 0. The van der Waals surface area contributed by atoms with Crippen molar-refractivity contribution in [1.82, 2.24) is 0 Å². The maximum atomic E-state index is 12.8. The Morgan fingerprint density at radius 3 is 2.27 bits per heavy atom. The van der Waals surface area contributed by atoms with E-state index in [0.717, 1.165) is 44.9 Å². The molecular formula is C25H36O5. The Labute approximate surface area is 179 Å². The third kappa shape index (κ3) is 2.98. The Morgan fingerprint density at radius 2 is 1.63 bits per heavy atom. The van der Waals surface area contributed by atoms with E-state index in [1.165, 1.54) is 19.4 Å². The topological polar surface area (TPSA) is 69.7 Å². The largest absolute Gasteiger partial charge is 0.462 e. The number of hydrogen-bond donors (Lipinski definition) is 0. The molecule has 0 aromatic rings. The first-order valence-corrected chi connectivity index (χ1v) is 11.6. The van der Waals surface area contributed by atoms with Crippen molar-refractivity contribution < 1.29 is 23.9 Å². The van der Waals surface area contributed by atoms with Crippen LogP contribution < -0.4 is 0 Å². The minimum absolute atomic E-state index is 0.00120. The van der Waals surface area contributed by atoms with Crippen LogP contribution in [0, 0.1) is 28.6 Å². The lowest BCUT2D eigenvalue weighted by atomic mass is 9.46. The van der Waals surface area contributed by atoms with Crippen LogP contribution in [0.4, 0.5) is 0 Å². The van der Waals surface area contributed by atoms with E-state index in [-0.39, 0.29) is 34.7 Å². The lowest BCUT2D eigenvalue weighted by Gasteiger charge is -2.59. The van der Waals surface area contributed by atoms with Gasteiger partial charge >= 0.3 is 11.9 Å². The molecule has 0 bridgehead atoms. The van der Waals surface area contributed by atoms with Crippen LogP contribution in [0.5, 0.6) is 0 Å². The predicted octanol–water partition coefficient (Wildman–Crippen LogP) is 4.77. The Hall–Kier alpha value is -1.65. The van der Waals surface area contributed by atoms with Gasteiger partial charge in [0.25, 0.3) is 0 Å². The highest BCUT2D eigenvalue weighted by Crippen LogP contribution is 2.68. The average molecular weight is 417 g/mol. The molecule has 4 aliphatic carbocycles. The van der Waals surface area contributed by atoms with Crippen LogP contribution in [0.2, 0.25) is 0 Å². The third-order valence-electron chi connectivity index (χ3n) is 9.40. The van der Waals surface area contributed by atoms with Crippen LogP contribution >= 0.6 is 0 Å². The minimum Gasteiger partial charge on any atom is -0.462 e. The standard InChI is InChI=1S/C25H36O5/c1-15(26)25(30-17(3)28)13-10-22-20-7-6-18-14-19(29-16(2)27)8-11-23(18,4)21(20)9-12-24(22,25)5/h6,19-22H,7-14H2,1-5H3/t19-,20+,21+,22+,23-,24-,25-/m0/s1. The van der Waals surface area contributed by atoms with Crippen molar-refractivity contribution in [2.24, 2.45) is 28.6 Å². The molecular weight excluding hydrogens is 380 g/mol. The summed E-state index contributed by atoms with van der Waals surface area (Å²) in [5.74, 6) is 0.939. The second kappa shape index (κ2) is 7.20. The number of esters is 2. The maximum Gasteiger partial charge on any atom is 0.303 e. The number of Topliss-reactive ketones (excluding diaryl/α,β-unsaturated/α-hetero) is 1. The van der Waals surface area contributed by atoms with Gasteiger partial charge in [0.05, 0.1) is 0 Å². The smallest absolute Gasteiger partial charge is 0.303 e. The summed E-state index contributed by atoms with van der Waals surface area (Å²) >= 11 is 0. The molecule has 4 aliphatic rings. The van der Waals surface area contributed by atoms with E-state index in [0.29, 0.717) is 24.2 Å². The fourth-order valence-electron chi connectivity index (χ4n) is 8.02. The van der Waals surface area contributed by atoms with Gasteiger partial charge in [-0.05, 0) is 75.0 Å². The van der Waals surface area contributed by atoms with E-state index in [9.17, 15) is 14.4 Å². The highest BCUT2D eigenvalue weighted by molar-refractivity contribution is 5.89. The summed E-state index contributed by atoms with van der Waals surface area (Å²) in [6.45, 7) is 9.11. The molecule has 0 amide bonds. The first-order chi connectivity index (χ1) is 14.0. The molecule has 0 unspecified atom stereocenters. The molecule has 0 aliphatic heterocycles. The molecule has 7 atom stereocenters. The Balaban J connectivity index is 1.63. The second-order valence-electron chi connectivity index (χ2n) is 10.7. The van der Waals surface area contributed by atoms with Crippen molar-refractivity contribution in [3.63, 3.8) is 0 Å². The molecule has 30 heavy (non-hydrogen) atoms. The van der Waals surface area contributed by atoms with Crippen molar-refractivity contribution in [1.29, 1.82) is 0 Å². The SMILES string of the molecule is CC(=O)O[C@H]1CC[C@@]2(C)C(=CC[C@@H]3[C@H]2CC[C@@]2(C)[C@@H]3CC[C@]2(OC(C)=O)C(C)=O)C1. The van der Waals surface area contributed by atoms with Gasteiger partial charge in [0.2, 0.25) is 0 Å². The number of carbonyl (C=O) groups excluding carboxylic acids is 3. The molecule has 0 N–H and O–H groups in total. The van der Waals surface area contributed by atoms with Gasteiger partial charge < -0.3 is 9.47 Å². The zero-order chi connectivity index (χ0) is 21.9. The Bertz CT molecular complexity index is 799. The molecule has 0 spiro atoms. The van der Waals surface area contributed by atoms with Crippen LogP contribution in [0.15, 0.2) is 11.6 Å². The van der Waals surface area contributed by atoms with Crippen molar-refractivity contribution in [3.05, 3.63) is 11.6 Å². The molecule has 0 aromatic heterocycles. The number of ketones is 1. The molecule has 5 nitrogen and oxygen atoms in total. The van der Waals surface area contributed by atoms with E-state index >= 15 is 0 Å². The molecule has 3 fully saturated rings. The molecule has 4 rings (SSSR count). The van der Waals surface area contributed by atoms with Crippen molar-refractivity contribution >= 4 is 17.7 Å². The lowest BCUT2D eigenvalue weighted by Crippen LogP contribution is -2.58. The lowest BCUT2D eigenvalue weighted by molar-refractivity contribution is -0.186. The zero-order valence-electron chi connectivity index (χ0n) is 19.1. The maximum absolute atomic E-state index is 12.8. The monoisotopic (exact) mass is 416 g/mol. The Morgan fingerprint density at radius 1 is 0.933 bits per heavy atom. The summed E-state index contributed by atoms with van der Waals surface area (Å²) in [6, 6.07) is 0. The third-order valence-corrected chi connectivity index (χ3v) is 9.40. The number of carbonyl (C=O) groups is 3. The van der Waals surface area contributed by atoms with E-state index in [4.69, 9.17) is 9.47 Å². The number of fused-ring (bicyclic) bond motifs is 5. The zero-order valence-corrected chi connectivity index (χ0v) is 19.1. The van der Waals surface area contributed by atoms with E-state index < -0.39 is 5.60 Å². The first-order valence-electron chi connectivity index (χ1n) is 11.6. The quantitative estimate of drug-likeness (QED) is 0.489. The fourth-order valence-corrected chi connectivity index (χ4v) is 8.02. The molecule has 0 heterocycles. The van der Waals surface area contributed by atoms with Crippen molar-refractivity contribution in [3.8, 4) is 0 Å². The molecule has 5 heteroatoms. The van der Waals surface area contributed by atoms with Gasteiger partial charge in [0, 0.05) is 25.7 Å². The summed E-state index contributed by atoms with van der Waals surface area (Å²) in [6.07, 6.45) is 9.81. The molecule has 166 valence electrons. The van der Waals surface area contributed by atoms with Gasteiger partial charge in [0.15, 0.2) is 11.4 Å². The van der Waals surface area contributed by atoms with E-state index in [1.807, 2.05) is 0 Å². The Kier molecular flexibility index (Phi) is 5.18. The highest BCUT2D eigenvalue weighted by atomic mass is 16.6. The average Bonchev–Trinajstić information content (AvgIpc) is 2.94. The highest BCUT2D eigenvalue weighted by Gasteiger charge is 2.67. The summed E-state index contributed by atoms with van der Waals surface area (Å²) in [4.78, 5) is 36.2. The number of hydrogen-bond acceptors (Lipinski definition) is 5. The normalized spacial score (nSPS) is 44.8. The van der Waals surface area contributed by atoms with Crippen molar-refractivity contribution in [2.75, 3.05) is 0 Å². The molecule has 0 radical (unpaired) electrons. The van der Waals surface area contributed by atoms with Gasteiger partial charge in [-0.3, -0.25) is 14.4 Å². The van der Waals surface area contributed by atoms with Gasteiger partial charge in [0.1, 0.15) is 6.10 Å². The van der Waals surface area contributed by atoms with Crippen LogP contribution in [0.1, 0.15) is 86.0 Å². The molecule has 0 aromatic carbocycles. The van der Waals surface area contributed by atoms with E-state index in [1.54, 1.807) is 6.92 Å². The fraction of sp³-hybridized carbons (Fsp3) is 0.800. The summed E-state index contributed by atoms with van der Waals surface area (Å²) in [5.41, 5.74) is 0.346.